The van der Waals surface area contributed by atoms with Gasteiger partial charge in [0.1, 0.15) is 10.8 Å². The molecule has 4 aliphatic rings. The van der Waals surface area contributed by atoms with Crippen molar-refractivity contribution in [2.45, 2.75) is 75.8 Å². The number of pyridine rings is 2. The molecule has 1 amide bonds. The molecule has 2 aliphatic heterocycles. The minimum absolute atomic E-state index is 0.108. The van der Waals surface area contributed by atoms with Gasteiger partial charge in [0.25, 0.3) is 5.91 Å². The molecular formula is C31H39N7O3S. The quantitative estimate of drug-likeness (QED) is 0.328. The van der Waals surface area contributed by atoms with E-state index in [0.29, 0.717) is 46.4 Å². The number of ether oxygens (including phenoxy) is 1. The zero-order valence-electron chi connectivity index (χ0n) is 24.3. The number of hydrogen-bond acceptors (Lipinski definition) is 9. The number of nitrogens with one attached hydrogen (secondary N) is 2. The highest BCUT2D eigenvalue weighted by molar-refractivity contribution is 7.97. The molecule has 1 saturated heterocycles. The van der Waals surface area contributed by atoms with Crippen LogP contribution in [0.1, 0.15) is 75.6 Å². The van der Waals surface area contributed by atoms with Crippen LogP contribution in [-0.4, -0.2) is 56.0 Å². The summed E-state index contributed by atoms with van der Waals surface area (Å²) < 4.78 is 10.7. The number of aromatic hydroxyl groups is 1. The lowest BCUT2D eigenvalue weighted by molar-refractivity contribution is 0.0984. The molecule has 3 N–H and O–H groups in total. The average molecular weight is 590 g/mol. The number of nitrogens with zero attached hydrogens (tertiary/aromatic N) is 5. The number of carbonyl (C=O) groups is 1. The number of anilines is 2. The minimum Gasteiger partial charge on any atom is -0.504 e. The summed E-state index contributed by atoms with van der Waals surface area (Å²) >= 11 is 1.13. The molecule has 222 valence electrons. The predicted molar refractivity (Wildman–Crippen MR) is 162 cm³/mol. The highest BCUT2D eigenvalue weighted by atomic mass is 32.2. The Morgan fingerprint density at radius 3 is 2.83 bits per heavy atom. The van der Waals surface area contributed by atoms with Gasteiger partial charge in [0.15, 0.2) is 17.4 Å². The van der Waals surface area contributed by atoms with Crippen molar-refractivity contribution < 1.29 is 14.6 Å². The van der Waals surface area contributed by atoms with Crippen molar-refractivity contribution in [2.75, 3.05) is 29.9 Å². The molecule has 10 nitrogen and oxygen atoms in total. The summed E-state index contributed by atoms with van der Waals surface area (Å²) in [6.07, 6.45) is 11.4. The van der Waals surface area contributed by atoms with Gasteiger partial charge < -0.3 is 20.1 Å². The third kappa shape index (κ3) is 5.27. The lowest BCUT2D eigenvalue weighted by Gasteiger charge is -2.33. The van der Waals surface area contributed by atoms with Gasteiger partial charge in [-0.1, -0.05) is 25.7 Å². The van der Waals surface area contributed by atoms with E-state index in [1.807, 2.05) is 24.4 Å². The van der Waals surface area contributed by atoms with Crippen LogP contribution in [0.25, 0.3) is 5.82 Å². The monoisotopic (exact) mass is 589 g/mol. The van der Waals surface area contributed by atoms with Gasteiger partial charge in [-0.15, -0.1) is 5.10 Å². The van der Waals surface area contributed by atoms with Crippen LogP contribution in [0.2, 0.25) is 0 Å². The second-order valence-corrected chi connectivity index (χ2v) is 13.9. The summed E-state index contributed by atoms with van der Waals surface area (Å²) in [4.78, 5) is 25.6. The second kappa shape index (κ2) is 10.7. The number of rotatable bonds is 5. The van der Waals surface area contributed by atoms with Crippen molar-refractivity contribution in [1.29, 1.82) is 0 Å². The molecule has 2 unspecified atom stereocenters. The second-order valence-electron chi connectivity index (χ2n) is 13.0. The van der Waals surface area contributed by atoms with Crippen molar-refractivity contribution in [3.05, 3.63) is 42.1 Å². The van der Waals surface area contributed by atoms with Gasteiger partial charge in [0, 0.05) is 42.8 Å². The van der Waals surface area contributed by atoms with Crippen LogP contribution in [-0.2, 0) is 0 Å². The maximum Gasteiger partial charge on any atom is 0.265 e. The molecule has 1 spiro atoms. The Morgan fingerprint density at radius 2 is 1.98 bits per heavy atom. The topological polar surface area (TPSA) is 117 Å². The third-order valence-electron chi connectivity index (χ3n) is 9.64. The first kappa shape index (κ1) is 27.4. The van der Waals surface area contributed by atoms with Crippen LogP contribution in [0.5, 0.6) is 11.6 Å². The van der Waals surface area contributed by atoms with Gasteiger partial charge in [-0.05, 0) is 81.0 Å². The van der Waals surface area contributed by atoms with E-state index in [1.165, 1.54) is 25.7 Å². The summed E-state index contributed by atoms with van der Waals surface area (Å²) in [6.45, 7) is 6.76. The number of aromatic nitrogens is 4. The van der Waals surface area contributed by atoms with Crippen LogP contribution >= 0.6 is 11.9 Å². The maximum atomic E-state index is 13.6. The Balaban J connectivity index is 1.18. The largest absolute Gasteiger partial charge is 0.504 e. The van der Waals surface area contributed by atoms with Gasteiger partial charge in [0.2, 0.25) is 5.88 Å². The van der Waals surface area contributed by atoms with Gasteiger partial charge in [-0.3, -0.25) is 9.52 Å². The molecule has 11 heteroatoms. The van der Waals surface area contributed by atoms with Crippen LogP contribution in [0.3, 0.4) is 0 Å². The highest BCUT2D eigenvalue weighted by Crippen LogP contribution is 2.64. The summed E-state index contributed by atoms with van der Waals surface area (Å²) in [5.74, 6) is 3.56. The predicted octanol–water partition coefficient (Wildman–Crippen LogP) is 5.57. The summed E-state index contributed by atoms with van der Waals surface area (Å²) in [5.41, 5.74) is 0.533. The van der Waals surface area contributed by atoms with E-state index in [0.717, 1.165) is 56.6 Å². The van der Waals surface area contributed by atoms with Crippen LogP contribution in [0.15, 0.2) is 41.6 Å². The highest BCUT2D eigenvalue weighted by Gasteiger charge is 2.62. The first-order valence-electron chi connectivity index (χ1n) is 15.2. The minimum atomic E-state index is -0.242. The SMILES string of the molecule is CC1(C)CC23CC2CCNc2nc(ccc2O)SNC(=O)c2ccc(-n4ccc(OCCC5CCCC5)n4)nc2N1C3. The molecule has 2 atom stereocenters. The fourth-order valence-corrected chi connectivity index (χ4v) is 7.96. The van der Waals surface area contributed by atoms with Crippen molar-refractivity contribution in [3.63, 3.8) is 0 Å². The van der Waals surface area contributed by atoms with Crippen molar-refractivity contribution in [1.82, 2.24) is 24.5 Å². The Bertz CT molecular complexity index is 1490. The summed E-state index contributed by atoms with van der Waals surface area (Å²) in [5, 5.41) is 18.9. The molecule has 3 aromatic heterocycles. The Hall–Kier alpha value is -3.47. The summed E-state index contributed by atoms with van der Waals surface area (Å²) in [6, 6.07) is 8.87. The smallest absolute Gasteiger partial charge is 0.265 e. The number of hydrogen-bond donors (Lipinski definition) is 3. The summed E-state index contributed by atoms with van der Waals surface area (Å²) in [7, 11) is 0. The molecule has 2 saturated carbocycles. The third-order valence-corrected chi connectivity index (χ3v) is 10.4. The zero-order chi connectivity index (χ0) is 28.9. The molecule has 3 aromatic rings. The van der Waals surface area contributed by atoms with Crippen LogP contribution in [0, 0.1) is 17.3 Å². The van der Waals surface area contributed by atoms with Crippen LogP contribution in [0.4, 0.5) is 11.6 Å². The Kier molecular flexibility index (Phi) is 6.95. The van der Waals surface area contributed by atoms with Crippen molar-refractivity contribution in [3.8, 4) is 17.4 Å². The lowest BCUT2D eigenvalue weighted by atomic mass is 9.92. The first-order valence-corrected chi connectivity index (χ1v) is 16.0. The average Bonchev–Trinajstić information content (AvgIpc) is 3.39. The molecule has 7 rings (SSSR count). The van der Waals surface area contributed by atoms with Gasteiger partial charge >= 0.3 is 0 Å². The van der Waals surface area contributed by atoms with Gasteiger partial charge in [-0.2, -0.15) is 0 Å². The molecule has 3 fully saturated rings. The van der Waals surface area contributed by atoms with E-state index in [2.05, 4.69) is 38.9 Å². The fourth-order valence-electron chi connectivity index (χ4n) is 7.38. The van der Waals surface area contributed by atoms with Crippen LogP contribution < -0.4 is 19.7 Å². The first-order chi connectivity index (χ1) is 20.3. The fraction of sp³-hybridized carbons (Fsp3) is 0.548. The number of amides is 1. The number of carbonyl (C=O) groups excluding carboxylic acids is 1. The Labute approximate surface area is 250 Å². The molecule has 4 bridgehead atoms. The molecule has 42 heavy (non-hydrogen) atoms. The van der Waals surface area contributed by atoms with Crippen molar-refractivity contribution >= 4 is 29.5 Å². The zero-order valence-corrected chi connectivity index (χ0v) is 25.1. The molecule has 5 heterocycles. The maximum absolute atomic E-state index is 13.6. The van der Waals surface area contributed by atoms with E-state index in [-0.39, 0.29) is 22.6 Å². The van der Waals surface area contributed by atoms with Crippen molar-refractivity contribution in [2.24, 2.45) is 17.3 Å². The normalized spacial score (nSPS) is 25.0. The molecule has 0 aromatic carbocycles. The number of fused-ring (bicyclic) bond motifs is 5. The van der Waals surface area contributed by atoms with E-state index >= 15 is 0 Å². The van der Waals surface area contributed by atoms with E-state index in [1.54, 1.807) is 16.8 Å². The van der Waals surface area contributed by atoms with E-state index in [9.17, 15) is 9.90 Å². The lowest BCUT2D eigenvalue weighted by Crippen LogP contribution is -2.40. The standard InChI is InChI=1S/C31H39N7O3S/c1-30(2)18-31-17-21(31)11-14-32-27-23(39)8-10-26(34-27)42-36-29(40)22-7-9-24(33-28(22)37(30)19-31)38-15-12-25(35-38)41-16-13-20-5-3-4-6-20/h7-10,12,15,20-21,39H,3-6,11,13-14,16-19H2,1-2H3,(H,32,34)(H,36,40). The van der Waals surface area contributed by atoms with E-state index < -0.39 is 0 Å². The molecule has 2 aliphatic carbocycles. The molecular weight excluding hydrogens is 550 g/mol. The van der Waals surface area contributed by atoms with E-state index in [4.69, 9.17) is 9.72 Å². The van der Waals surface area contributed by atoms with Gasteiger partial charge in [-0.25, -0.2) is 14.6 Å². The Morgan fingerprint density at radius 1 is 1.12 bits per heavy atom. The molecule has 0 radical (unpaired) electrons. The van der Waals surface area contributed by atoms with Gasteiger partial charge in [0.05, 0.1) is 12.2 Å².